The Morgan fingerprint density at radius 2 is 1.90 bits per heavy atom. The van der Waals surface area contributed by atoms with Gasteiger partial charge in [-0.3, -0.25) is 4.79 Å². The minimum atomic E-state index is -0.434. The Hall–Kier alpha value is -0.900. The number of benzene rings is 1. The van der Waals surface area contributed by atoms with Gasteiger partial charge in [0.1, 0.15) is 5.82 Å². The van der Waals surface area contributed by atoms with E-state index in [0.29, 0.717) is 16.4 Å². The highest BCUT2D eigenvalue weighted by molar-refractivity contribution is 9.10. The van der Waals surface area contributed by atoms with Crippen molar-refractivity contribution in [2.45, 2.75) is 51.0 Å². The molecule has 1 atom stereocenters. The second-order valence-electron chi connectivity index (χ2n) is 6.21. The minimum Gasteiger partial charge on any atom is -0.335 e. The summed E-state index contributed by atoms with van der Waals surface area (Å²) in [5, 5.41) is 0. The molecule has 1 unspecified atom stereocenters. The van der Waals surface area contributed by atoms with Gasteiger partial charge in [0, 0.05) is 12.6 Å². The zero-order valence-electron chi connectivity index (χ0n) is 12.2. The molecule has 1 aliphatic carbocycles. The molecule has 2 aliphatic rings. The third-order valence-electron chi connectivity index (χ3n) is 4.94. The van der Waals surface area contributed by atoms with Gasteiger partial charge in [-0.25, -0.2) is 4.39 Å². The van der Waals surface area contributed by atoms with E-state index in [1.54, 1.807) is 18.2 Å². The molecule has 0 bridgehead atoms. The summed E-state index contributed by atoms with van der Waals surface area (Å²) < 4.78 is 14.5. The summed E-state index contributed by atoms with van der Waals surface area (Å²) in [7, 11) is 0. The van der Waals surface area contributed by atoms with E-state index in [4.69, 9.17) is 0 Å². The summed E-state index contributed by atoms with van der Waals surface area (Å²) in [5.74, 6) is 0.0408. The van der Waals surface area contributed by atoms with Crippen LogP contribution in [0, 0.1) is 11.7 Å². The average Bonchev–Trinajstić information content (AvgIpc) is 3.00. The zero-order chi connectivity index (χ0) is 14.8. The van der Waals surface area contributed by atoms with Crippen LogP contribution in [0.4, 0.5) is 4.39 Å². The van der Waals surface area contributed by atoms with Crippen LogP contribution in [0.2, 0.25) is 0 Å². The van der Waals surface area contributed by atoms with Crippen LogP contribution < -0.4 is 0 Å². The van der Waals surface area contributed by atoms with Gasteiger partial charge in [0.15, 0.2) is 0 Å². The molecule has 1 heterocycles. The fourth-order valence-corrected chi connectivity index (χ4v) is 4.24. The predicted octanol–water partition coefficient (Wildman–Crippen LogP) is 4.77. The van der Waals surface area contributed by atoms with Gasteiger partial charge < -0.3 is 4.90 Å². The lowest BCUT2D eigenvalue weighted by molar-refractivity contribution is 0.0656. The van der Waals surface area contributed by atoms with E-state index < -0.39 is 5.82 Å². The summed E-state index contributed by atoms with van der Waals surface area (Å²) in [4.78, 5) is 14.7. The summed E-state index contributed by atoms with van der Waals surface area (Å²) in [5.41, 5.74) is 0.201. The maximum atomic E-state index is 14.2. The molecule has 1 aliphatic heterocycles. The number of halogens is 2. The summed E-state index contributed by atoms with van der Waals surface area (Å²) >= 11 is 3.17. The lowest BCUT2D eigenvalue weighted by Gasteiger charge is -2.34. The first-order chi connectivity index (χ1) is 10.2. The van der Waals surface area contributed by atoms with E-state index >= 15 is 0 Å². The fourth-order valence-electron chi connectivity index (χ4n) is 3.88. The van der Waals surface area contributed by atoms with Crippen molar-refractivity contribution in [2.24, 2.45) is 5.92 Å². The number of carbonyl (C=O) groups excluding carboxylic acids is 1. The number of carbonyl (C=O) groups is 1. The Bertz CT molecular complexity index is 528. The molecule has 1 amide bonds. The predicted molar refractivity (Wildman–Crippen MR) is 84.7 cm³/mol. The lowest BCUT2D eigenvalue weighted by Crippen LogP contribution is -2.41. The van der Waals surface area contributed by atoms with Crippen molar-refractivity contribution in [2.75, 3.05) is 6.54 Å². The summed E-state index contributed by atoms with van der Waals surface area (Å²) in [6.07, 6.45) is 8.42. The van der Waals surface area contributed by atoms with Crippen LogP contribution in [-0.2, 0) is 0 Å². The monoisotopic (exact) mass is 353 g/mol. The first-order valence-electron chi connectivity index (χ1n) is 7.93. The smallest absolute Gasteiger partial charge is 0.257 e. The second-order valence-corrected chi connectivity index (χ2v) is 7.06. The topological polar surface area (TPSA) is 20.3 Å². The van der Waals surface area contributed by atoms with Gasteiger partial charge >= 0.3 is 0 Å². The quantitative estimate of drug-likeness (QED) is 0.749. The standard InChI is InChI=1S/C17H21BrFNO/c18-14-9-4-8-13(16(14)19)17(21)20-11-5-10-15(20)12-6-2-1-3-7-12/h4,8-9,12,15H,1-3,5-7,10-11H2. The molecule has 1 aromatic carbocycles. The van der Waals surface area contributed by atoms with Crippen molar-refractivity contribution >= 4 is 21.8 Å². The molecule has 1 saturated heterocycles. The number of rotatable bonds is 2. The molecule has 2 fully saturated rings. The molecule has 1 aromatic rings. The van der Waals surface area contributed by atoms with Gasteiger partial charge in [-0.15, -0.1) is 0 Å². The number of hydrogen-bond acceptors (Lipinski definition) is 1. The van der Waals surface area contributed by atoms with Crippen molar-refractivity contribution in [3.8, 4) is 0 Å². The number of likely N-dealkylation sites (tertiary alicyclic amines) is 1. The van der Waals surface area contributed by atoms with Crippen molar-refractivity contribution < 1.29 is 9.18 Å². The van der Waals surface area contributed by atoms with Gasteiger partial charge in [0.2, 0.25) is 0 Å². The molecule has 0 radical (unpaired) electrons. The van der Waals surface area contributed by atoms with E-state index in [-0.39, 0.29) is 11.5 Å². The van der Waals surface area contributed by atoms with Gasteiger partial charge in [-0.05, 0) is 59.7 Å². The molecule has 0 aromatic heterocycles. The van der Waals surface area contributed by atoms with Gasteiger partial charge in [-0.2, -0.15) is 0 Å². The molecule has 114 valence electrons. The Kier molecular flexibility index (Phi) is 4.63. The number of nitrogens with zero attached hydrogens (tertiary/aromatic N) is 1. The van der Waals surface area contributed by atoms with Crippen LogP contribution >= 0.6 is 15.9 Å². The first-order valence-corrected chi connectivity index (χ1v) is 8.73. The second kappa shape index (κ2) is 6.47. The molecule has 1 saturated carbocycles. The molecular weight excluding hydrogens is 333 g/mol. The van der Waals surface area contributed by atoms with Crippen LogP contribution in [0.1, 0.15) is 55.3 Å². The van der Waals surface area contributed by atoms with E-state index in [2.05, 4.69) is 15.9 Å². The molecule has 21 heavy (non-hydrogen) atoms. The average molecular weight is 354 g/mol. The highest BCUT2D eigenvalue weighted by Crippen LogP contribution is 2.35. The number of amides is 1. The Balaban J connectivity index is 1.81. The third kappa shape index (κ3) is 3.01. The van der Waals surface area contributed by atoms with Gasteiger partial charge in [0.05, 0.1) is 10.0 Å². The van der Waals surface area contributed by atoms with E-state index in [1.807, 2.05) is 4.90 Å². The fraction of sp³-hybridized carbons (Fsp3) is 0.588. The molecule has 0 spiro atoms. The Labute approximate surface area is 133 Å². The third-order valence-corrected chi connectivity index (χ3v) is 5.55. The maximum Gasteiger partial charge on any atom is 0.257 e. The normalized spacial score (nSPS) is 23.5. The van der Waals surface area contributed by atoms with Crippen molar-refractivity contribution in [1.29, 1.82) is 0 Å². The lowest BCUT2D eigenvalue weighted by atomic mass is 9.83. The molecule has 0 N–H and O–H groups in total. The van der Waals surface area contributed by atoms with Gasteiger partial charge in [0.25, 0.3) is 5.91 Å². The van der Waals surface area contributed by atoms with Crippen LogP contribution in [0.3, 0.4) is 0 Å². The maximum absolute atomic E-state index is 14.2. The Morgan fingerprint density at radius 1 is 1.14 bits per heavy atom. The van der Waals surface area contributed by atoms with E-state index in [1.165, 1.54) is 32.1 Å². The molecule has 3 rings (SSSR count). The highest BCUT2D eigenvalue weighted by atomic mass is 79.9. The summed E-state index contributed by atoms with van der Waals surface area (Å²) in [6.45, 7) is 0.770. The highest BCUT2D eigenvalue weighted by Gasteiger charge is 2.36. The molecule has 2 nitrogen and oxygen atoms in total. The van der Waals surface area contributed by atoms with Gasteiger partial charge in [-0.1, -0.05) is 25.3 Å². The Morgan fingerprint density at radius 3 is 2.67 bits per heavy atom. The first kappa shape index (κ1) is 15.0. The summed E-state index contributed by atoms with van der Waals surface area (Å²) in [6, 6.07) is 5.27. The van der Waals surface area contributed by atoms with Crippen molar-refractivity contribution in [3.63, 3.8) is 0 Å². The largest absolute Gasteiger partial charge is 0.335 e. The SMILES string of the molecule is O=C(c1cccc(Br)c1F)N1CCCC1C1CCCCC1. The van der Waals surface area contributed by atoms with Crippen LogP contribution in [0.5, 0.6) is 0 Å². The number of hydrogen-bond donors (Lipinski definition) is 0. The van der Waals surface area contributed by atoms with Crippen molar-refractivity contribution in [3.05, 3.63) is 34.1 Å². The van der Waals surface area contributed by atoms with E-state index in [0.717, 1.165) is 19.4 Å². The van der Waals surface area contributed by atoms with Crippen LogP contribution in [0.15, 0.2) is 22.7 Å². The van der Waals surface area contributed by atoms with Crippen LogP contribution in [-0.4, -0.2) is 23.4 Å². The van der Waals surface area contributed by atoms with E-state index in [9.17, 15) is 9.18 Å². The zero-order valence-corrected chi connectivity index (χ0v) is 13.7. The van der Waals surface area contributed by atoms with Crippen LogP contribution in [0.25, 0.3) is 0 Å². The molecular formula is C17H21BrFNO. The molecule has 4 heteroatoms. The minimum absolute atomic E-state index is 0.137. The van der Waals surface area contributed by atoms with Crippen molar-refractivity contribution in [1.82, 2.24) is 4.90 Å².